The van der Waals surface area contributed by atoms with E-state index in [2.05, 4.69) is 6.07 Å². The summed E-state index contributed by atoms with van der Waals surface area (Å²) in [6.07, 6.45) is 2.35. The SMILES string of the molecule is COc1ccc(C2(C3(CN)CC3)COC2)c(Cl)c1. The molecule has 3 nitrogen and oxygen atoms in total. The Hall–Kier alpha value is -0.770. The zero-order chi connectivity index (χ0) is 12.8. The lowest BCUT2D eigenvalue weighted by molar-refractivity contribution is -0.0972. The van der Waals surface area contributed by atoms with Gasteiger partial charge >= 0.3 is 0 Å². The molecule has 1 aromatic rings. The number of rotatable bonds is 4. The lowest BCUT2D eigenvalue weighted by Crippen LogP contribution is -2.56. The van der Waals surface area contributed by atoms with E-state index in [-0.39, 0.29) is 10.8 Å². The van der Waals surface area contributed by atoms with E-state index < -0.39 is 0 Å². The maximum atomic E-state index is 6.42. The molecule has 1 aromatic carbocycles. The Morgan fingerprint density at radius 3 is 2.50 bits per heavy atom. The standard InChI is InChI=1S/C14H18ClNO2/c1-17-10-2-3-11(12(15)6-10)14(8-18-9-14)13(7-16)4-5-13/h2-3,6H,4-5,7-9,16H2,1H3. The molecular formula is C14H18ClNO2. The first-order chi connectivity index (χ1) is 8.67. The number of methoxy groups -OCH3 is 1. The third kappa shape index (κ3) is 1.51. The number of ether oxygens (including phenoxy) is 2. The maximum Gasteiger partial charge on any atom is 0.120 e. The van der Waals surface area contributed by atoms with Gasteiger partial charge in [-0.3, -0.25) is 0 Å². The van der Waals surface area contributed by atoms with Gasteiger partial charge in [0.05, 0.1) is 25.7 Å². The second-order valence-electron chi connectivity index (χ2n) is 5.41. The molecule has 1 saturated carbocycles. The van der Waals surface area contributed by atoms with Crippen molar-refractivity contribution in [1.82, 2.24) is 0 Å². The van der Waals surface area contributed by atoms with Crippen LogP contribution in [0.5, 0.6) is 5.75 Å². The molecule has 0 amide bonds. The molecule has 0 atom stereocenters. The van der Waals surface area contributed by atoms with Crippen molar-refractivity contribution in [2.24, 2.45) is 11.1 Å². The van der Waals surface area contributed by atoms with E-state index in [1.807, 2.05) is 12.1 Å². The number of halogens is 1. The molecule has 0 spiro atoms. The van der Waals surface area contributed by atoms with Crippen molar-refractivity contribution in [2.75, 3.05) is 26.9 Å². The Labute approximate surface area is 112 Å². The Bertz CT molecular complexity index is 467. The van der Waals surface area contributed by atoms with Crippen LogP contribution < -0.4 is 10.5 Å². The first-order valence-electron chi connectivity index (χ1n) is 6.29. The summed E-state index contributed by atoms with van der Waals surface area (Å²) in [5.74, 6) is 0.789. The van der Waals surface area contributed by atoms with Crippen LogP contribution in [0, 0.1) is 5.41 Å². The third-order valence-corrected chi connectivity index (χ3v) is 4.96. The Balaban J connectivity index is 2.02. The van der Waals surface area contributed by atoms with Crippen LogP contribution in [0.4, 0.5) is 0 Å². The van der Waals surface area contributed by atoms with Crippen LogP contribution in [0.2, 0.25) is 5.02 Å². The minimum Gasteiger partial charge on any atom is -0.497 e. The normalized spacial score (nSPS) is 23.3. The summed E-state index contributed by atoms with van der Waals surface area (Å²) >= 11 is 6.42. The molecule has 0 aromatic heterocycles. The minimum atomic E-state index is 0.0190. The summed E-state index contributed by atoms with van der Waals surface area (Å²) in [4.78, 5) is 0. The first-order valence-corrected chi connectivity index (χ1v) is 6.67. The molecule has 4 heteroatoms. The highest BCUT2D eigenvalue weighted by atomic mass is 35.5. The fourth-order valence-electron chi connectivity index (χ4n) is 3.09. The Kier molecular flexibility index (Phi) is 2.81. The number of hydrogen-bond acceptors (Lipinski definition) is 3. The molecule has 1 aliphatic heterocycles. The Morgan fingerprint density at radius 1 is 1.39 bits per heavy atom. The van der Waals surface area contributed by atoms with Gasteiger partial charge in [-0.1, -0.05) is 17.7 Å². The first kappa shape index (κ1) is 12.3. The summed E-state index contributed by atoms with van der Waals surface area (Å²) in [7, 11) is 1.65. The molecule has 3 rings (SSSR count). The molecule has 1 aliphatic carbocycles. The fourth-order valence-corrected chi connectivity index (χ4v) is 3.44. The molecule has 0 unspecified atom stereocenters. The van der Waals surface area contributed by atoms with E-state index in [0.717, 1.165) is 24.0 Å². The van der Waals surface area contributed by atoms with Gasteiger partial charge in [0, 0.05) is 5.02 Å². The van der Waals surface area contributed by atoms with Gasteiger partial charge in [0.2, 0.25) is 0 Å². The Morgan fingerprint density at radius 2 is 2.11 bits per heavy atom. The van der Waals surface area contributed by atoms with Gasteiger partial charge in [-0.05, 0) is 42.5 Å². The van der Waals surface area contributed by atoms with Gasteiger partial charge < -0.3 is 15.2 Å². The fraction of sp³-hybridized carbons (Fsp3) is 0.571. The van der Waals surface area contributed by atoms with Crippen molar-refractivity contribution in [3.8, 4) is 5.75 Å². The van der Waals surface area contributed by atoms with Crippen LogP contribution in [-0.2, 0) is 10.2 Å². The van der Waals surface area contributed by atoms with Gasteiger partial charge in [0.1, 0.15) is 5.75 Å². The molecule has 18 heavy (non-hydrogen) atoms. The number of benzene rings is 1. The predicted octanol–water partition coefficient (Wildman–Crippen LogP) is 2.36. The van der Waals surface area contributed by atoms with Gasteiger partial charge in [0.15, 0.2) is 0 Å². The summed E-state index contributed by atoms with van der Waals surface area (Å²) in [5, 5.41) is 0.761. The van der Waals surface area contributed by atoms with Crippen LogP contribution in [0.1, 0.15) is 18.4 Å². The third-order valence-electron chi connectivity index (χ3n) is 4.65. The monoisotopic (exact) mass is 267 g/mol. The topological polar surface area (TPSA) is 44.5 Å². The summed E-state index contributed by atoms with van der Waals surface area (Å²) < 4.78 is 10.7. The van der Waals surface area contributed by atoms with Crippen molar-refractivity contribution < 1.29 is 9.47 Å². The molecule has 0 radical (unpaired) electrons. The molecular weight excluding hydrogens is 250 g/mol. The highest BCUT2D eigenvalue weighted by molar-refractivity contribution is 6.31. The lowest BCUT2D eigenvalue weighted by Gasteiger charge is -2.48. The van der Waals surface area contributed by atoms with Crippen molar-refractivity contribution in [1.29, 1.82) is 0 Å². The van der Waals surface area contributed by atoms with Crippen LogP contribution in [0.25, 0.3) is 0 Å². The van der Waals surface area contributed by atoms with Crippen LogP contribution in [-0.4, -0.2) is 26.9 Å². The van der Waals surface area contributed by atoms with E-state index in [9.17, 15) is 0 Å². The number of hydrogen-bond donors (Lipinski definition) is 1. The van der Waals surface area contributed by atoms with Crippen molar-refractivity contribution >= 4 is 11.6 Å². The van der Waals surface area contributed by atoms with E-state index in [4.69, 9.17) is 26.8 Å². The second-order valence-corrected chi connectivity index (χ2v) is 5.81. The van der Waals surface area contributed by atoms with Crippen LogP contribution >= 0.6 is 11.6 Å². The quantitative estimate of drug-likeness (QED) is 0.911. The zero-order valence-corrected chi connectivity index (χ0v) is 11.3. The lowest BCUT2D eigenvalue weighted by atomic mass is 9.66. The minimum absolute atomic E-state index is 0.0190. The van der Waals surface area contributed by atoms with Crippen LogP contribution in [0.3, 0.4) is 0 Å². The summed E-state index contributed by atoms with van der Waals surface area (Å²) in [5.41, 5.74) is 7.37. The van der Waals surface area contributed by atoms with Crippen molar-refractivity contribution in [3.63, 3.8) is 0 Å². The predicted molar refractivity (Wildman–Crippen MR) is 71.2 cm³/mol. The molecule has 2 N–H and O–H groups in total. The molecule has 1 saturated heterocycles. The average Bonchev–Trinajstić information content (AvgIpc) is 3.11. The van der Waals surface area contributed by atoms with Gasteiger partial charge in [-0.2, -0.15) is 0 Å². The van der Waals surface area contributed by atoms with E-state index in [1.54, 1.807) is 7.11 Å². The van der Waals surface area contributed by atoms with Gasteiger partial charge in [-0.15, -0.1) is 0 Å². The summed E-state index contributed by atoms with van der Waals surface area (Å²) in [6.45, 7) is 2.17. The van der Waals surface area contributed by atoms with Gasteiger partial charge in [0.25, 0.3) is 0 Å². The van der Waals surface area contributed by atoms with Crippen molar-refractivity contribution in [3.05, 3.63) is 28.8 Å². The largest absolute Gasteiger partial charge is 0.497 e. The average molecular weight is 268 g/mol. The second kappa shape index (κ2) is 4.12. The summed E-state index contributed by atoms with van der Waals surface area (Å²) in [6, 6.07) is 5.91. The highest BCUT2D eigenvalue weighted by Gasteiger charge is 2.63. The maximum absolute atomic E-state index is 6.42. The van der Waals surface area contributed by atoms with E-state index >= 15 is 0 Å². The zero-order valence-electron chi connectivity index (χ0n) is 10.5. The molecule has 1 heterocycles. The van der Waals surface area contributed by atoms with Gasteiger partial charge in [-0.25, -0.2) is 0 Å². The highest BCUT2D eigenvalue weighted by Crippen LogP contribution is 2.62. The van der Waals surface area contributed by atoms with Crippen LogP contribution in [0.15, 0.2) is 18.2 Å². The molecule has 98 valence electrons. The molecule has 2 fully saturated rings. The molecule has 2 aliphatic rings. The smallest absolute Gasteiger partial charge is 0.120 e. The molecule has 0 bridgehead atoms. The van der Waals surface area contributed by atoms with Crippen molar-refractivity contribution in [2.45, 2.75) is 18.3 Å². The van der Waals surface area contributed by atoms with E-state index in [0.29, 0.717) is 6.54 Å². The number of nitrogens with two attached hydrogens (primary N) is 1. The van der Waals surface area contributed by atoms with E-state index in [1.165, 1.54) is 18.4 Å².